The lowest BCUT2D eigenvalue weighted by Crippen LogP contribution is -2.03. The fourth-order valence-electron chi connectivity index (χ4n) is 1.64. The highest BCUT2D eigenvalue weighted by Gasteiger charge is 2.09. The van der Waals surface area contributed by atoms with Crippen LogP contribution in [0.5, 0.6) is 5.75 Å². The van der Waals surface area contributed by atoms with Crippen LogP contribution >= 0.6 is 11.3 Å². The first-order valence-corrected chi connectivity index (χ1v) is 6.14. The van der Waals surface area contributed by atoms with Gasteiger partial charge in [0.05, 0.1) is 12.6 Å². The van der Waals surface area contributed by atoms with Crippen molar-refractivity contribution < 1.29 is 9.53 Å². The molecule has 0 bridgehead atoms. The van der Waals surface area contributed by atoms with Crippen LogP contribution in [-0.4, -0.2) is 17.9 Å². The number of carbonyl (C=O) groups excluding carboxylic acids is 1. The molecular formula is C13H13NO2S. The molecule has 1 heterocycles. The van der Waals surface area contributed by atoms with Crippen LogP contribution in [0.2, 0.25) is 0 Å². The third-order valence-electron chi connectivity index (χ3n) is 2.54. The molecule has 17 heavy (non-hydrogen) atoms. The second-order valence-electron chi connectivity index (χ2n) is 3.75. The third-order valence-corrected chi connectivity index (χ3v) is 3.31. The summed E-state index contributed by atoms with van der Waals surface area (Å²) in [7, 11) is 1.63. The summed E-state index contributed by atoms with van der Waals surface area (Å²) in [5.41, 5.74) is 3.43. The van der Waals surface area contributed by atoms with E-state index in [4.69, 9.17) is 4.74 Å². The first-order valence-electron chi connectivity index (χ1n) is 5.26. The minimum atomic E-state index is 0.111. The minimum Gasteiger partial charge on any atom is -0.496 e. The van der Waals surface area contributed by atoms with Crippen molar-refractivity contribution in [2.75, 3.05) is 7.11 Å². The molecule has 3 nitrogen and oxygen atoms in total. The number of aryl methyl sites for hydroxylation is 1. The lowest BCUT2D eigenvalue weighted by atomic mass is 10.0. The smallest absolute Gasteiger partial charge is 0.168 e. The van der Waals surface area contributed by atoms with Crippen LogP contribution in [0.15, 0.2) is 29.9 Å². The summed E-state index contributed by atoms with van der Waals surface area (Å²) in [5, 5.41) is 0. The minimum absolute atomic E-state index is 0.111. The highest BCUT2D eigenvalue weighted by atomic mass is 32.1. The number of Topliss-reactive ketones (excluding diaryl/α,β-unsaturated/α-hetero) is 1. The van der Waals surface area contributed by atoms with Gasteiger partial charge in [0.15, 0.2) is 5.78 Å². The van der Waals surface area contributed by atoms with E-state index in [0.29, 0.717) is 6.42 Å². The summed E-state index contributed by atoms with van der Waals surface area (Å²) in [6.07, 6.45) is 2.15. The molecule has 0 aliphatic rings. The summed E-state index contributed by atoms with van der Waals surface area (Å²) < 4.78 is 5.17. The molecular weight excluding hydrogens is 234 g/mol. The number of methoxy groups -OCH3 is 1. The summed E-state index contributed by atoms with van der Waals surface area (Å²) in [5.74, 6) is 0.916. The van der Waals surface area contributed by atoms with Crippen molar-refractivity contribution in [3.8, 4) is 5.75 Å². The molecule has 2 aromatic rings. The number of aromatic nitrogens is 1. The van der Waals surface area contributed by atoms with Crippen LogP contribution in [0.4, 0.5) is 0 Å². The van der Waals surface area contributed by atoms with E-state index < -0.39 is 0 Å². The van der Waals surface area contributed by atoms with Gasteiger partial charge in [0.2, 0.25) is 0 Å². The quantitative estimate of drug-likeness (QED) is 0.780. The zero-order valence-electron chi connectivity index (χ0n) is 9.77. The van der Waals surface area contributed by atoms with Crippen molar-refractivity contribution in [2.45, 2.75) is 13.3 Å². The van der Waals surface area contributed by atoms with Gasteiger partial charge < -0.3 is 4.74 Å². The van der Waals surface area contributed by atoms with Crippen LogP contribution < -0.4 is 4.74 Å². The van der Waals surface area contributed by atoms with Crippen LogP contribution in [-0.2, 0) is 6.42 Å². The normalized spacial score (nSPS) is 10.2. The molecule has 0 saturated carbocycles. The number of hydrogen-bond acceptors (Lipinski definition) is 4. The fourth-order valence-corrected chi connectivity index (χ4v) is 2.23. The van der Waals surface area contributed by atoms with Crippen molar-refractivity contribution in [3.63, 3.8) is 0 Å². The van der Waals surface area contributed by atoms with Crippen LogP contribution in [0.1, 0.15) is 20.8 Å². The SMILES string of the molecule is COc1ccc(C(=O)Cc2cncs2)cc1C. The Hall–Kier alpha value is -1.68. The predicted octanol–water partition coefficient (Wildman–Crippen LogP) is 2.89. The third kappa shape index (κ3) is 2.71. The van der Waals surface area contributed by atoms with Gasteiger partial charge in [-0.1, -0.05) is 0 Å². The van der Waals surface area contributed by atoms with Gasteiger partial charge >= 0.3 is 0 Å². The number of ether oxygens (including phenoxy) is 1. The summed E-state index contributed by atoms with van der Waals surface area (Å²) in [6.45, 7) is 1.93. The zero-order valence-corrected chi connectivity index (χ0v) is 10.6. The van der Waals surface area contributed by atoms with Gasteiger partial charge in [-0.3, -0.25) is 9.78 Å². The van der Waals surface area contributed by atoms with Crippen molar-refractivity contribution in [1.29, 1.82) is 0 Å². The topological polar surface area (TPSA) is 39.2 Å². The lowest BCUT2D eigenvalue weighted by Gasteiger charge is -2.06. The lowest BCUT2D eigenvalue weighted by molar-refractivity contribution is 0.0993. The molecule has 4 heteroatoms. The standard InChI is InChI=1S/C13H13NO2S/c1-9-5-10(3-4-13(9)16-2)12(15)6-11-7-14-8-17-11/h3-5,7-8H,6H2,1-2H3. The highest BCUT2D eigenvalue weighted by molar-refractivity contribution is 7.09. The van der Waals surface area contributed by atoms with Gasteiger partial charge in [-0.25, -0.2) is 0 Å². The Morgan fingerprint density at radius 3 is 2.88 bits per heavy atom. The summed E-state index contributed by atoms with van der Waals surface area (Å²) in [6, 6.07) is 5.49. The molecule has 0 unspecified atom stereocenters. The van der Waals surface area contributed by atoms with E-state index in [1.54, 1.807) is 24.9 Å². The average Bonchev–Trinajstić information content (AvgIpc) is 2.81. The molecule has 2 rings (SSSR count). The van der Waals surface area contributed by atoms with Crippen LogP contribution in [0.25, 0.3) is 0 Å². The molecule has 1 aromatic carbocycles. The first-order chi connectivity index (χ1) is 8.20. The van der Waals surface area contributed by atoms with Gasteiger partial charge in [-0.2, -0.15) is 0 Å². The average molecular weight is 247 g/mol. The molecule has 0 N–H and O–H groups in total. The van der Waals surface area contributed by atoms with Gasteiger partial charge in [0.25, 0.3) is 0 Å². The Bertz CT molecular complexity index is 520. The number of thiazole rings is 1. The van der Waals surface area contributed by atoms with E-state index in [0.717, 1.165) is 21.8 Å². The predicted molar refractivity (Wildman–Crippen MR) is 67.9 cm³/mol. The van der Waals surface area contributed by atoms with E-state index in [2.05, 4.69) is 4.98 Å². The van der Waals surface area contributed by atoms with E-state index in [1.807, 2.05) is 19.1 Å². The van der Waals surface area contributed by atoms with Crippen LogP contribution in [0, 0.1) is 6.92 Å². The van der Waals surface area contributed by atoms with Crippen molar-refractivity contribution in [2.24, 2.45) is 0 Å². The Morgan fingerprint density at radius 2 is 2.29 bits per heavy atom. The van der Waals surface area contributed by atoms with Crippen molar-refractivity contribution in [3.05, 3.63) is 45.9 Å². The monoisotopic (exact) mass is 247 g/mol. The number of nitrogens with zero attached hydrogens (tertiary/aromatic N) is 1. The van der Waals surface area contributed by atoms with E-state index in [9.17, 15) is 4.79 Å². The maximum atomic E-state index is 12.0. The van der Waals surface area contributed by atoms with Crippen molar-refractivity contribution >= 4 is 17.1 Å². The highest BCUT2D eigenvalue weighted by Crippen LogP contribution is 2.20. The van der Waals surface area contributed by atoms with Gasteiger partial charge in [0, 0.05) is 23.1 Å². The van der Waals surface area contributed by atoms with Gasteiger partial charge in [-0.05, 0) is 30.7 Å². The second-order valence-corrected chi connectivity index (χ2v) is 4.72. The van der Waals surface area contributed by atoms with Crippen molar-refractivity contribution in [1.82, 2.24) is 4.98 Å². The summed E-state index contributed by atoms with van der Waals surface area (Å²) >= 11 is 1.50. The maximum absolute atomic E-state index is 12.0. The van der Waals surface area contributed by atoms with Gasteiger partial charge in [0.1, 0.15) is 5.75 Å². The number of ketones is 1. The molecule has 0 fully saturated rings. The van der Waals surface area contributed by atoms with E-state index in [-0.39, 0.29) is 5.78 Å². The molecule has 0 spiro atoms. The molecule has 0 atom stereocenters. The molecule has 0 amide bonds. The molecule has 88 valence electrons. The maximum Gasteiger partial charge on any atom is 0.168 e. The van der Waals surface area contributed by atoms with E-state index in [1.165, 1.54) is 11.3 Å². The Morgan fingerprint density at radius 1 is 1.47 bits per heavy atom. The number of rotatable bonds is 4. The molecule has 0 radical (unpaired) electrons. The Kier molecular flexibility index (Phi) is 3.54. The summed E-state index contributed by atoms with van der Waals surface area (Å²) in [4.78, 5) is 17.0. The number of hydrogen-bond donors (Lipinski definition) is 0. The Balaban J connectivity index is 2.17. The van der Waals surface area contributed by atoms with Gasteiger partial charge in [-0.15, -0.1) is 11.3 Å². The zero-order chi connectivity index (χ0) is 12.3. The van der Waals surface area contributed by atoms with Crippen LogP contribution in [0.3, 0.4) is 0 Å². The second kappa shape index (κ2) is 5.10. The molecule has 1 aromatic heterocycles. The first kappa shape index (κ1) is 11.8. The number of benzene rings is 1. The Labute approximate surface area is 104 Å². The molecule has 0 saturated heterocycles. The number of carbonyl (C=O) groups is 1. The molecule has 0 aliphatic carbocycles. The van der Waals surface area contributed by atoms with E-state index >= 15 is 0 Å². The fraction of sp³-hybridized carbons (Fsp3) is 0.231. The molecule has 0 aliphatic heterocycles. The largest absolute Gasteiger partial charge is 0.496 e.